The van der Waals surface area contributed by atoms with Gasteiger partial charge in [0.1, 0.15) is 0 Å². The number of esters is 2. The van der Waals surface area contributed by atoms with Crippen LogP contribution in [0.25, 0.3) is 0 Å². The van der Waals surface area contributed by atoms with Crippen LogP contribution in [0.4, 0.5) is 0 Å². The van der Waals surface area contributed by atoms with Gasteiger partial charge in [-0.15, -0.1) is 0 Å². The SMILES string of the molecule is CCC/C=C/C=C/CC(CCCCCC)COC(=O)CCCCCCCN(CCCCO)CCCCCCCC(=O)OCC(CCCCCC)CCCCCCCC. The molecule has 0 heterocycles. The number of carbonyl (C=O) groups excluding carboxylic acids is 2. The zero-order valence-electron chi connectivity index (χ0n) is 39.3. The van der Waals surface area contributed by atoms with Crippen LogP contribution in [0.2, 0.25) is 0 Å². The van der Waals surface area contributed by atoms with E-state index in [-0.39, 0.29) is 18.5 Å². The summed E-state index contributed by atoms with van der Waals surface area (Å²) in [6.45, 7) is 13.7. The van der Waals surface area contributed by atoms with Crippen LogP contribution >= 0.6 is 0 Å². The topological polar surface area (TPSA) is 76.1 Å². The van der Waals surface area contributed by atoms with Crippen molar-refractivity contribution in [2.24, 2.45) is 11.8 Å². The van der Waals surface area contributed by atoms with Crippen molar-refractivity contribution in [3.05, 3.63) is 24.3 Å². The molecule has 6 heteroatoms. The fraction of sp³-hybridized carbons (Fsp3) is 0.885. The van der Waals surface area contributed by atoms with Crippen molar-refractivity contribution in [3.8, 4) is 0 Å². The molecule has 2 atom stereocenters. The van der Waals surface area contributed by atoms with Gasteiger partial charge in [0.25, 0.3) is 0 Å². The molecule has 0 aromatic carbocycles. The number of ether oxygens (including phenoxy) is 2. The molecule has 342 valence electrons. The Hall–Kier alpha value is -1.66. The largest absolute Gasteiger partial charge is 0.465 e. The molecule has 0 aliphatic heterocycles. The average Bonchev–Trinajstić information content (AvgIpc) is 3.22. The number of hydrogen-bond acceptors (Lipinski definition) is 6. The number of allylic oxidation sites excluding steroid dienone is 4. The summed E-state index contributed by atoms with van der Waals surface area (Å²) in [4.78, 5) is 27.7. The van der Waals surface area contributed by atoms with Gasteiger partial charge in [-0.1, -0.05) is 187 Å². The summed E-state index contributed by atoms with van der Waals surface area (Å²) in [6.07, 6.45) is 47.8. The maximum absolute atomic E-state index is 12.6. The minimum atomic E-state index is -0.0314. The quantitative estimate of drug-likeness (QED) is 0.0375. The number of rotatable bonds is 46. The number of unbranched alkanes of at least 4 members (excludes halogenated alkanes) is 21. The molecule has 0 aromatic rings. The summed E-state index contributed by atoms with van der Waals surface area (Å²) in [5.41, 5.74) is 0. The van der Waals surface area contributed by atoms with E-state index >= 15 is 0 Å². The van der Waals surface area contributed by atoms with E-state index in [1.165, 1.54) is 141 Å². The third kappa shape index (κ3) is 41.1. The van der Waals surface area contributed by atoms with Gasteiger partial charge in [0.2, 0.25) is 0 Å². The van der Waals surface area contributed by atoms with Gasteiger partial charge in [-0.2, -0.15) is 0 Å². The van der Waals surface area contributed by atoms with Gasteiger partial charge in [-0.3, -0.25) is 9.59 Å². The first-order valence-electron chi connectivity index (χ1n) is 25.5. The molecule has 0 rings (SSSR count). The normalized spacial score (nSPS) is 12.9. The maximum atomic E-state index is 12.6. The van der Waals surface area contributed by atoms with E-state index in [4.69, 9.17) is 9.47 Å². The predicted octanol–water partition coefficient (Wildman–Crippen LogP) is 15.1. The van der Waals surface area contributed by atoms with Crippen LogP contribution in [0.3, 0.4) is 0 Å². The van der Waals surface area contributed by atoms with Crippen molar-refractivity contribution in [2.75, 3.05) is 39.5 Å². The lowest BCUT2D eigenvalue weighted by atomic mass is 9.95. The molecule has 0 bridgehead atoms. The Bertz CT molecular complexity index is 919. The molecular formula is C52H99NO5. The van der Waals surface area contributed by atoms with Gasteiger partial charge in [0, 0.05) is 19.4 Å². The van der Waals surface area contributed by atoms with Crippen LogP contribution in [-0.2, 0) is 19.1 Å². The fourth-order valence-corrected chi connectivity index (χ4v) is 7.82. The molecule has 0 saturated carbocycles. The van der Waals surface area contributed by atoms with Crippen LogP contribution in [-0.4, -0.2) is 61.4 Å². The highest BCUT2D eigenvalue weighted by Gasteiger charge is 2.14. The number of aliphatic hydroxyl groups is 1. The molecule has 0 amide bonds. The highest BCUT2D eigenvalue weighted by atomic mass is 16.5. The Morgan fingerprint density at radius 1 is 0.466 bits per heavy atom. The Morgan fingerprint density at radius 3 is 1.36 bits per heavy atom. The molecule has 0 fully saturated rings. The summed E-state index contributed by atoms with van der Waals surface area (Å²) < 4.78 is 11.6. The van der Waals surface area contributed by atoms with E-state index in [2.05, 4.69) is 56.9 Å². The van der Waals surface area contributed by atoms with E-state index in [0.717, 1.165) is 83.8 Å². The standard InChI is InChI=1S/C52H99NO5/c1-5-9-13-17-21-29-39-49(37-27-15-11-7-3)47-57-51(55)41-31-23-19-25-33-43-53(45-35-36-46-54)44-34-26-20-24-32-42-52(56)58-48-50(38-28-16-12-8-4)40-30-22-18-14-10-6-2/h13,17,21,29,49-50,54H,5-12,14-16,18-20,22-28,30-48H2,1-4H3/b17-13+,29-21+. The van der Waals surface area contributed by atoms with Gasteiger partial charge in [0.05, 0.1) is 13.2 Å². The first kappa shape index (κ1) is 56.3. The molecular weight excluding hydrogens is 719 g/mol. The van der Waals surface area contributed by atoms with Gasteiger partial charge < -0.3 is 19.5 Å². The van der Waals surface area contributed by atoms with Crippen molar-refractivity contribution < 1.29 is 24.2 Å². The zero-order valence-corrected chi connectivity index (χ0v) is 39.3. The second-order valence-electron chi connectivity index (χ2n) is 17.5. The summed E-state index contributed by atoms with van der Waals surface area (Å²) in [5.74, 6) is 0.923. The Kier molecular flexibility index (Phi) is 45.1. The van der Waals surface area contributed by atoms with E-state index in [0.29, 0.717) is 37.9 Å². The summed E-state index contributed by atoms with van der Waals surface area (Å²) >= 11 is 0. The smallest absolute Gasteiger partial charge is 0.305 e. The molecule has 0 aliphatic carbocycles. The maximum Gasteiger partial charge on any atom is 0.305 e. The van der Waals surface area contributed by atoms with Gasteiger partial charge >= 0.3 is 11.9 Å². The second kappa shape index (κ2) is 46.4. The van der Waals surface area contributed by atoms with E-state index in [9.17, 15) is 14.7 Å². The van der Waals surface area contributed by atoms with Crippen LogP contribution in [0, 0.1) is 11.8 Å². The van der Waals surface area contributed by atoms with E-state index in [1.54, 1.807) is 0 Å². The molecule has 0 radical (unpaired) electrons. The van der Waals surface area contributed by atoms with Crippen molar-refractivity contribution in [1.82, 2.24) is 4.90 Å². The van der Waals surface area contributed by atoms with Gasteiger partial charge in [-0.25, -0.2) is 0 Å². The second-order valence-corrected chi connectivity index (χ2v) is 17.5. The van der Waals surface area contributed by atoms with Gasteiger partial charge in [0.15, 0.2) is 0 Å². The molecule has 2 unspecified atom stereocenters. The predicted molar refractivity (Wildman–Crippen MR) is 250 cm³/mol. The summed E-state index contributed by atoms with van der Waals surface area (Å²) in [5, 5.41) is 9.32. The van der Waals surface area contributed by atoms with Gasteiger partial charge in [-0.05, 0) is 102 Å². The van der Waals surface area contributed by atoms with E-state index in [1.807, 2.05) is 0 Å². The molecule has 1 N–H and O–H groups in total. The molecule has 58 heavy (non-hydrogen) atoms. The number of hydrogen-bond donors (Lipinski definition) is 1. The highest BCUT2D eigenvalue weighted by molar-refractivity contribution is 5.69. The minimum Gasteiger partial charge on any atom is -0.465 e. The monoisotopic (exact) mass is 818 g/mol. The molecule has 0 spiro atoms. The van der Waals surface area contributed by atoms with Crippen molar-refractivity contribution >= 4 is 11.9 Å². The lowest BCUT2D eigenvalue weighted by Gasteiger charge is -2.22. The molecule has 0 aliphatic rings. The first-order valence-corrected chi connectivity index (χ1v) is 25.5. The number of nitrogens with zero attached hydrogens (tertiary/aromatic N) is 1. The van der Waals surface area contributed by atoms with Crippen LogP contribution in [0.15, 0.2) is 24.3 Å². The molecule has 6 nitrogen and oxygen atoms in total. The van der Waals surface area contributed by atoms with Crippen LogP contribution < -0.4 is 0 Å². The summed E-state index contributed by atoms with van der Waals surface area (Å²) in [7, 11) is 0. The highest BCUT2D eigenvalue weighted by Crippen LogP contribution is 2.21. The zero-order chi connectivity index (χ0) is 42.4. The van der Waals surface area contributed by atoms with Crippen molar-refractivity contribution in [3.63, 3.8) is 0 Å². The third-order valence-electron chi connectivity index (χ3n) is 11.8. The van der Waals surface area contributed by atoms with Crippen molar-refractivity contribution in [2.45, 2.75) is 246 Å². The number of carbonyl (C=O) groups is 2. The minimum absolute atomic E-state index is 0.00304. The summed E-state index contributed by atoms with van der Waals surface area (Å²) in [6, 6.07) is 0. The Morgan fingerprint density at radius 2 is 0.862 bits per heavy atom. The molecule has 0 saturated heterocycles. The third-order valence-corrected chi connectivity index (χ3v) is 11.8. The fourth-order valence-electron chi connectivity index (χ4n) is 7.82. The van der Waals surface area contributed by atoms with Crippen LogP contribution in [0.5, 0.6) is 0 Å². The first-order chi connectivity index (χ1) is 28.5. The van der Waals surface area contributed by atoms with E-state index < -0.39 is 0 Å². The Balaban J connectivity index is 4.26. The Labute approximate surface area is 361 Å². The molecule has 0 aromatic heterocycles. The average molecular weight is 818 g/mol. The van der Waals surface area contributed by atoms with Crippen molar-refractivity contribution in [1.29, 1.82) is 0 Å². The number of aliphatic hydroxyl groups excluding tert-OH is 1. The van der Waals surface area contributed by atoms with Crippen LogP contribution in [0.1, 0.15) is 246 Å². The lowest BCUT2D eigenvalue weighted by Crippen LogP contribution is -2.27. The lowest BCUT2D eigenvalue weighted by molar-refractivity contribution is -0.146.